The topological polar surface area (TPSA) is 35.0 Å². The van der Waals surface area contributed by atoms with Crippen molar-refractivity contribution in [3.8, 4) is 5.75 Å². The molecule has 6 heteroatoms. The molecule has 0 saturated heterocycles. The van der Waals surface area contributed by atoms with Crippen LogP contribution in [0.25, 0.3) is 21.8 Å². The van der Waals surface area contributed by atoms with Gasteiger partial charge in [0.25, 0.3) is 0 Å². The smallest absolute Gasteiger partial charge is 0.417 e. The van der Waals surface area contributed by atoms with E-state index < -0.39 is 11.7 Å². The molecule has 0 unspecified atom stereocenters. The fourth-order valence-electron chi connectivity index (χ4n) is 3.07. The Labute approximate surface area is 153 Å². The maximum Gasteiger partial charge on any atom is 0.417 e. The summed E-state index contributed by atoms with van der Waals surface area (Å²) in [5.41, 5.74) is 1.16. The summed E-state index contributed by atoms with van der Waals surface area (Å²) >= 11 is 0. The van der Waals surface area contributed by atoms with Crippen molar-refractivity contribution in [3.05, 3.63) is 77.6 Å². The first-order valence-corrected chi connectivity index (χ1v) is 8.35. The number of hydrogen-bond donors (Lipinski definition) is 0. The van der Waals surface area contributed by atoms with E-state index in [9.17, 15) is 13.2 Å². The van der Waals surface area contributed by atoms with Gasteiger partial charge >= 0.3 is 6.18 Å². The SMILES string of the molecule is Cc1ccc(OCc2cnc3c(cnc4ccccc43)c2C(F)(F)F)cc1. The lowest BCUT2D eigenvalue weighted by Gasteiger charge is -2.16. The molecule has 0 bridgehead atoms. The van der Waals surface area contributed by atoms with Crippen molar-refractivity contribution >= 4 is 21.8 Å². The largest absolute Gasteiger partial charge is 0.489 e. The van der Waals surface area contributed by atoms with Crippen LogP contribution in [-0.4, -0.2) is 9.97 Å². The lowest BCUT2D eigenvalue weighted by molar-refractivity contribution is -0.137. The molecule has 0 aliphatic carbocycles. The molecule has 3 nitrogen and oxygen atoms in total. The minimum atomic E-state index is -4.54. The van der Waals surface area contributed by atoms with Gasteiger partial charge in [-0.05, 0) is 25.1 Å². The van der Waals surface area contributed by atoms with E-state index in [4.69, 9.17) is 4.74 Å². The van der Waals surface area contributed by atoms with Gasteiger partial charge in [0, 0.05) is 28.7 Å². The second-order valence-electron chi connectivity index (χ2n) is 6.30. The molecule has 2 aromatic carbocycles. The van der Waals surface area contributed by atoms with Gasteiger partial charge in [-0.25, -0.2) is 0 Å². The van der Waals surface area contributed by atoms with Crippen LogP contribution in [0.5, 0.6) is 5.75 Å². The molecule has 136 valence electrons. The van der Waals surface area contributed by atoms with E-state index in [1.54, 1.807) is 36.4 Å². The predicted molar refractivity (Wildman–Crippen MR) is 97.6 cm³/mol. The third-order valence-electron chi connectivity index (χ3n) is 4.39. The number of alkyl halides is 3. The first kappa shape index (κ1) is 17.3. The average molecular weight is 368 g/mol. The second kappa shape index (κ2) is 6.54. The maximum atomic E-state index is 13.8. The Balaban J connectivity index is 1.82. The van der Waals surface area contributed by atoms with Gasteiger partial charge in [-0.1, -0.05) is 35.9 Å². The van der Waals surface area contributed by atoms with Crippen LogP contribution in [0.1, 0.15) is 16.7 Å². The Hall–Kier alpha value is -3.15. The number of halogens is 3. The molecule has 0 atom stereocenters. The van der Waals surface area contributed by atoms with Gasteiger partial charge in [-0.3, -0.25) is 9.97 Å². The number of para-hydroxylation sites is 1. The Morgan fingerprint density at radius 2 is 1.63 bits per heavy atom. The maximum absolute atomic E-state index is 13.8. The first-order valence-electron chi connectivity index (χ1n) is 8.35. The van der Waals surface area contributed by atoms with E-state index in [0.717, 1.165) is 5.56 Å². The number of aromatic nitrogens is 2. The van der Waals surface area contributed by atoms with Crippen LogP contribution < -0.4 is 4.74 Å². The van der Waals surface area contributed by atoms with Gasteiger partial charge < -0.3 is 4.74 Å². The van der Waals surface area contributed by atoms with E-state index in [1.807, 2.05) is 19.1 Å². The van der Waals surface area contributed by atoms with E-state index in [2.05, 4.69) is 9.97 Å². The van der Waals surface area contributed by atoms with Gasteiger partial charge in [0.1, 0.15) is 12.4 Å². The number of benzene rings is 2. The molecule has 2 heterocycles. The van der Waals surface area contributed by atoms with E-state index in [1.165, 1.54) is 12.4 Å². The Morgan fingerprint density at radius 1 is 0.889 bits per heavy atom. The number of hydrogen-bond acceptors (Lipinski definition) is 3. The van der Waals surface area contributed by atoms with Crippen molar-refractivity contribution in [2.24, 2.45) is 0 Å². The Kier molecular flexibility index (Phi) is 4.18. The lowest BCUT2D eigenvalue weighted by Crippen LogP contribution is -2.13. The highest BCUT2D eigenvalue weighted by Gasteiger charge is 2.36. The van der Waals surface area contributed by atoms with Crippen molar-refractivity contribution < 1.29 is 17.9 Å². The number of fused-ring (bicyclic) bond motifs is 3. The van der Waals surface area contributed by atoms with E-state index in [0.29, 0.717) is 16.7 Å². The lowest BCUT2D eigenvalue weighted by atomic mass is 10.0. The van der Waals surface area contributed by atoms with Crippen molar-refractivity contribution in [1.82, 2.24) is 9.97 Å². The zero-order valence-corrected chi connectivity index (χ0v) is 14.4. The minimum Gasteiger partial charge on any atom is -0.489 e. The van der Waals surface area contributed by atoms with Gasteiger partial charge in [0.15, 0.2) is 0 Å². The standard InChI is InChI=1S/C21H15F3N2O/c1-13-6-8-15(9-7-13)27-12-14-10-26-20-16-4-2-3-5-18(16)25-11-17(20)19(14)21(22,23)24/h2-11H,12H2,1H3. The monoisotopic (exact) mass is 368 g/mol. The third kappa shape index (κ3) is 3.30. The van der Waals surface area contributed by atoms with Gasteiger partial charge in [-0.15, -0.1) is 0 Å². The molecule has 0 aliphatic rings. The Morgan fingerprint density at radius 3 is 2.37 bits per heavy atom. The summed E-state index contributed by atoms with van der Waals surface area (Å²) in [7, 11) is 0. The normalized spacial score (nSPS) is 11.9. The van der Waals surface area contributed by atoms with Gasteiger partial charge in [0.2, 0.25) is 0 Å². The summed E-state index contributed by atoms with van der Waals surface area (Å²) < 4.78 is 47.1. The molecular formula is C21H15F3N2O. The summed E-state index contributed by atoms with van der Waals surface area (Å²) in [4.78, 5) is 8.46. The van der Waals surface area contributed by atoms with Crippen LogP contribution in [0.4, 0.5) is 13.2 Å². The number of rotatable bonds is 3. The zero-order chi connectivity index (χ0) is 19.0. The molecule has 0 aliphatic heterocycles. The van der Waals surface area contributed by atoms with Crippen LogP contribution in [0.15, 0.2) is 60.9 Å². The number of nitrogens with zero attached hydrogens (tertiary/aromatic N) is 2. The highest BCUT2D eigenvalue weighted by Crippen LogP contribution is 2.38. The summed E-state index contributed by atoms with van der Waals surface area (Å²) in [5, 5.41) is 0.567. The number of pyridine rings is 2. The fraction of sp³-hybridized carbons (Fsp3) is 0.143. The van der Waals surface area contributed by atoms with Gasteiger partial charge in [0.05, 0.1) is 16.6 Å². The van der Waals surface area contributed by atoms with Crippen molar-refractivity contribution in [2.45, 2.75) is 19.7 Å². The average Bonchev–Trinajstić information content (AvgIpc) is 2.66. The first-order chi connectivity index (χ1) is 12.9. The molecule has 4 aromatic rings. The Bertz CT molecular complexity index is 1120. The predicted octanol–water partition coefficient (Wildman–Crippen LogP) is 5.69. The molecule has 0 saturated carbocycles. The van der Waals surface area contributed by atoms with Crippen LogP contribution in [0.3, 0.4) is 0 Å². The summed E-state index contributed by atoms with van der Waals surface area (Å²) in [6, 6.07) is 14.2. The molecular weight excluding hydrogens is 353 g/mol. The summed E-state index contributed by atoms with van der Waals surface area (Å²) in [5.74, 6) is 0.505. The second-order valence-corrected chi connectivity index (χ2v) is 6.30. The fourth-order valence-corrected chi connectivity index (χ4v) is 3.07. The molecule has 2 aromatic heterocycles. The molecule has 27 heavy (non-hydrogen) atoms. The van der Waals surface area contributed by atoms with Crippen molar-refractivity contribution in [3.63, 3.8) is 0 Å². The number of aryl methyl sites for hydroxylation is 1. The van der Waals surface area contributed by atoms with Gasteiger partial charge in [-0.2, -0.15) is 13.2 Å². The summed E-state index contributed by atoms with van der Waals surface area (Å²) in [6.45, 7) is 1.70. The number of ether oxygens (including phenoxy) is 1. The van der Waals surface area contributed by atoms with Crippen molar-refractivity contribution in [2.75, 3.05) is 0 Å². The van der Waals surface area contributed by atoms with Crippen LogP contribution in [0, 0.1) is 6.92 Å². The quantitative estimate of drug-likeness (QED) is 0.436. The van der Waals surface area contributed by atoms with E-state index in [-0.39, 0.29) is 23.1 Å². The van der Waals surface area contributed by atoms with Crippen LogP contribution in [-0.2, 0) is 12.8 Å². The van der Waals surface area contributed by atoms with Crippen LogP contribution >= 0.6 is 0 Å². The summed E-state index contributed by atoms with van der Waals surface area (Å²) in [6.07, 6.45) is -2.06. The van der Waals surface area contributed by atoms with Crippen molar-refractivity contribution in [1.29, 1.82) is 0 Å². The molecule has 0 N–H and O–H groups in total. The third-order valence-corrected chi connectivity index (χ3v) is 4.39. The van der Waals surface area contributed by atoms with Crippen LogP contribution in [0.2, 0.25) is 0 Å². The molecule has 4 rings (SSSR count). The minimum absolute atomic E-state index is 0.0207. The molecule has 0 fully saturated rings. The molecule has 0 spiro atoms. The molecule has 0 amide bonds. The van der Waals surface area contributed by atoms with E-state index >= 15 is 0 Å². The highest BCUT2D eigenvalue weighted by atomic mass is 19.4. The highest BCUT2D eigenvalue weighted by molar-refractivity contribution is 6.04. The zero-order valence-electron chi connectivity index (χ0n) is 14.4. The molecule has 0 radical (unpaired) electrons.